The molecule has 2 aromatic carbocycles. The summed E-state index contributed by atoms with van der Waals surface area (Å²) in [7, 11) is 0. The fourth-order valence-corrected chi connectivity index (χ4v) is 3.49. The average molecular weight is 362 g/mol. The smallest absolute Gasteiger partial charge is 0.269 e. The lowest BCUT2D eigenvalue weighted by Gasteiger charge is -2.13. The third-order valence-electron chi connectivity index (χ3n) is 3.40. The molecule has 0 fully saturated rings. The molecule has 0 spiro atoms. The number of nitro benzene ring substituents is 1. The van der Waals surface area contributed by atoms with Crippen LogP contribution < -0.4 is 5.32 Å². The lowest BCUT2D eigenvalue weighted by Crippen LogP contribution is -2.15. The minimum absolute atomic E-state index is 0.00792. The van der Waals surface area contributed by atoms with Crippen LogP contribution in [0.1, 0.15) is 17.7 Å². The van der Waals surface area contributed by atoms with Gasteiger partial charge in [-0.05, 0) is 30.9 Å². The predicted octanol–water partition coefficient (Wildman–Crippen LogP) is 4.75. The number of nitrogens with one attached hydrogen (secondary N) is 1. The van der Waals surface area contributed by atoms with Gasteiger partial charge in [0.05, 0.1) is 16.4 Å². The van der Waals surface area contributed by atoms with E-state index >= 15 is 0 Å². The summed E-state index contributed by atoms with van der Waals surface area (Å²) in [6.45, 7) is 1.94. The summed E-state index contributed by atoms with van der Waals surface area (Å²) in [5.74, 6) is 0.200. The number of hydrogen-bond donors (Lipinski definition) is 1. The maximum absolute atomic E-state index is 12.1. The summed E-state index contributed by atoms with van der Waals surface area (Å²) in [6, 6.07) is 14.2. The maximum atomic E-state index is 12.1. The number of amides is 1. The molecule has 1 atom stereocenters. The Kier molecular flexibility index (Phi) is 6.69. The predicted molar refractivity (Wildman–Crippen MR) is 101 cm³/mol. The second kappa shape index (κ2) is 8.75. The van der Waals surface area contributed by atoms with Gasteiger partial charge in [0.2, 0.25) is 5.91 Å². The summed E-state index contributed by atoms with van der Waals surface area (Å²) in [5, 5.41) is 13.7. The van der Waals surface area contributed by atoms with Crippen molar-refractivity contribution in [2.24, 2.45) is 0 Å². The molecule has 0 aliphatic rings. The Balaban J connectivity index is 1.94. The van der Waals surface area contributed by atoms with Gasteiger partial charge < -0.3 is 5.32 Å². The highest BCUT2D eigenvalue weighted by Gasteiger charge is 2.13. The summed E-state index contributed by atoms with van der Waals surface area (Å²) in [6.07, 6.45) is 1.96. The molecule has 7 heteroatoms. The summed E-state index contributed by atoms with van der Waals surface area (Å²) >= 11 is 3.03. The normalized spacial score (nSPS) is 11.8. The lowest BCUT2D eigenvalue weighted by atomic mass is 10.1. The molecule has 0 aliphatic carbocycles. The zero-order valence-corrected chi connectivity index (χ0v) is 15.0. The second-order valence-corrected chi connectivity index (χ2v) is 7.23. The third kappa shape index (κ3) is 5.01. The summed E-state index contributed by atoms with van der Waals surface area (Å²) in [5.41, 5.74) is 1.71. The van der Waals surface area contributed by atoms with Crippen molar-refractivity contribution in [3.63, 3.8) is 0 Å². The second-order valence-electron chi connectivity index (χ2n) is 5.05. The Labute approximate surface area is 149 Å². The fraction of sp³-hybridized carbons (Fsp3) is 0.235. The van der Waals surface area contributed by atoms with Crippen LogP contribution in [0.5, 0.6) is 0 Å². The van der Waals surface area contributed by atoms with Crippen molar-refractivity contribution in [1.29, 1.82) is 0 Å². The zero-order valence-electron chi connectivity index (χ0n) is 13.4. The maximum Gasteiger partial charge on any atom is 0.269 e. The van der Waals surface area contributed by atoms with E-state index in [0.717, 1.165) is 16.1 Å². The van der Waals surface area contributed by atoms with Crippen LogP contribution >= 0.6 is 23.5 Å². The standard InChI is InChI=1S/C17H18N2O3S2/c1-12(13-6-5-7-14(10-13)19(21)22)24-11-17(20)18-15-8-3-4-9-16(15)23-2/h3-10,12H,11H2,1-2H3,(H,18,20)/t12-/m1/s1. The van der Waals surface area contributed by atoms with E-state index in [1.165, 1.54) is 17.8 Å². The van der Waals surface area contributed by atoms with Crippen molar-refractivity contribution < 1.29 is 9.72 Å². The van der Waals surface area contributed by atoms with Gasteiger partial charge in [0.15, 0.2) is 0 Å². The number of hydrogen-bond acceptors (Lipinski definition) is 5. The fourth-order valence-electron chi connectivity index (χ4n) is 2.12. The Bertz CT molecular complexity index is 737. The Hall–Kier alpha value is -1.99. The highest BCUT2D eigenvalue weighted by molar-refractivity contribution is 8.00. The van der Waals surface area contributed by atoms with Crippen LogP contribution in [0.2, 0.25) is 0 Å². The van der Waals surface area contributed by atoms with Gasteiger partial charge >= 0.3 is 0 Å². The van der Waals surface area contributed by atoms with Gasteiger partial charge in [-0.3, -0.25) is 14.9 Å². The van der Waals surface area contributed by atoms with Crippen molar-refractivity contribution in [3.05, 3.63) is 64.2 Å². The Morgan fingerprint density at radius 2 is 2.00 bits per heavy atom. The minimum atomic E-state index is -0.410. The van der Waals surface area contributed by atoms with E-state index in [1.54, 1.807) is 23.9 Å². The molecule has 0 bridgehead atoms. The van der Waals surface area contributed by atoms with Gasteiger partial charge in [0, 0.05) is 22.3 Å². The van der Waals surface area contributed by atoms with Gasteiger partial charge in [0.1, 0.15) is 0 Å². The molecule has 0 heterocycles. The van der Waals surface area contributed by atoms with Crippen molar-refractivity contribution in [2.45, 2.75) is 17.1 Å². The quantitative estimate of drug-likeness (QED) is 0.437. The molecule has 0 unspecified atom stereocenters. The van der Waals surface area contributed by atoms with E-state index in [2.05, 4.69) is 5.32 Å². The van der Waals surface area contributed by atoms with Crippen molar-refractivity contribution in [3.8, 4) is 0 Å². The third-order valence-corrected chi connectivity index (χ3v) is 5.39. The van der Waals surface area contributed by atoms with E-state index in [0.29, 0.717) is 0 Å². The Morgan fingerprint density at radius 3 is 2.71 bits per heavy atom. The first-order valence-corrected chi connectivity index (χ1v) is 9.57. The number of nitrogens with zero attached hydrogens (tertiary/aromatic N) is 1. The van der Waals surface area contributed by atoms with E-state index < -0.39 is 4.92 Å². The number of anilines is 1. The summed E-state index contributed by atoms with van der Waals surface area (Å²) in [4.78, 5) is 23.6. The number of carbonyl (C=O) groups excluding carboxylic acids is 1. The van der Waals surface area contributed by atoms with E-state index in [1.807, 2.05) is 43.5 Å². The van der Waals surface area contributed by atoms with Gasteiger partial charge in [-0.15, -0.1) is 23.5 Å². The van der Waals surface area contributed by atoms with Crippen LogP contribution in [0.25, 0.3) is 0 Å². The number of benzene rings is 2. The lowest BCUT2D eigenvalue weighted by molar-refractivity contribution is -0.384. The molecule has 0 aliphatic heterocycles. The van der Waals surface area contributed by atoms with Gasteiger partial charge in [-0.1, -0.05) is 24.3 Å². The van der Waals surface area contributed by atoms with E-state index in [-0.39, 0.29) is 22.6 Å². The first kappa shape index (κ1) is 18.4. The van der Waals surface area contributed by atoms with Crippen molar-refractivity contribution in [1.82, 2.24) is 0 Å². The Morgan fingerprint density at radius 1 is 1.25 bits per heavy atom. The zero-order chi connectivity index (χ0) is 17.5. The van der Waals surface area contributed by atoms with Crippen LogP contribution in [-0.4, -0.2) is 22.8 Å². The van der Waals surface area contributed by atoms with Crippen LogP contribution in [0.15, 0.2) is 53.4 Å². The van der Waals surface area contributed by atoms with Gasteiger partial charge in [-0.25, -0.2) is 0 Å². The molecule has 0 aromatic heterocycles. The van der Waals surface area contributed by atoms with Gasteiger partial charge in [-0.2, -0.15) is 0 Å². The highest BCUT2D eigenvalue weighted by Crippen LogP contribution is 2.30. The van der Waals surface area contributed by atoms with E-state index in [4.69, 9.17) is 0 Å². The molecule has 24 heavy (non-hydrogen) atoms. The van der Waals surface area contributed by atoms with E-state index in [9.17, 15) is 14.9 Å². The molecule has 0 saturated heterocycles. The summed E-state index contributed by atoms with van der Waals surface area (Å²) < 4.78 is 0. The molecular weight excluding hydrogens is 344 g/mol. The average Bonchev–Trinajstić information content (AvgIpc) is 2.60. The number of non-ortho nitro benzene ring substituents is 1. The first-order chi connectivity index (χ1) is 11.5. The van der Waals surface area contributed by atoms with Crippen LogP contribution in [-0.2, 0) is 4.79 Å². The number of carbonyl (C=O) groups is 1. The molecule has 2 aromatic rings. The monoisotopic (exact) mass is 362 g/mol. The van der Waals surface area contributed by atoms with Crippen LogP contribution in [0, 0.1) is 10.1 Å². The molecule has 2 rings (SSSR count). The molecule has 0 radical (unpaired) electrons. The molecule has 126 valence electrons. The number of para-hydroxylation sites is 1. The minimum Gasteiger partial charge on any atom is -0.324 e. The van der Waals surface area contributed by atoms with Crippen molar-refractivity contribution in [2.75, 3.05) is 17.3 Å². The molecule has 1 amide bonds. The highest BCUT2D eigenvalue weighted by atomic mass is 32.2. The first-order valence-electron chi connectivity index (χ1n) is 7.30. The van der Waals surface area contributed by atoms with Crippen molar-refractivity contribution >= 4 is 40.8 Å². The number of nitro groups is 1. The number of rotatable bonds is 7. The number of thioether (sulfide) groups is 2. The molecule has 1 N–H and O–H groups in total. The molecule has 0 saturated carbocycles. The topological polar surface area (TPSA) is 72.2 Å². The SMILES string of the molecule is CSc1ccccc1NC(=O)CS[C@H](C)c1cccc([N+](=O)[O-])c1. The largest absolute Gasteiger partial charge is 0.324 e. The van der Waals surface area contributed by atoms with Crippen LogP contribution in [0.4, 0.5) is 11.4 Å². The molecule has 5 nitrogen and oxygen atoms in total. The van der Waals surface area contributed by atoms with Crippen LogP contribution in [0.3, 0.4) is 0 Å². The van der Waals surface area contributed by atoms with Gasteiger partial charge in [0.25, 0.3) is 5.69 Å². The molecular formula is C17H18N2O3S2.